The average Bonchev–Trinajstić information content (AvgIpc) is 2.60. The second-order valence-corrected chi connectivity index (χ2v) is 6.73. The second-order valence-electron chi connectivity index (χ2n) is 5.87. The zero-order valence-corrected chi connectivity index (χ0v) is 14.4. The van der Waals surface area contributed by atoms with Crippen LogP contribution in [0.1, 0.15) is 38.3 Å². The van der Waals surface area contributed by atoms with Gasteiger partial charge in [-0.15, -0.1) is 0 Å². The molecule has 2 N–H and O–H groups in total. The van der Waals surface area contributed by atoms with Crippen LogP contribution in [-0.4, -0.2) is 37.6 Å². The van der Waals surface area contributed by atoms with E-state index >= 15 is 0 Å². The molecule has 20 heavy (non-hydrogen) atoms. The van der Waals surface area contributed by atoms with Gasteiger partial charge in [0.05, 0.1) is 5.69 Å². The standard InChI is InChI=1S/C16H26BrN3/c1-4-14-11-19(3)8-5-9-20(14)16-7-6-13(12(2)18)10-15(16)17/h6-7,10,12,14H,4-5,8-9,11,18H2,1-3H3. The number of halogens is 1. The number of likely N-dealkylation sites (N-methyl/N-ethyl adjacent to an activating group) is 1. The smallest absolute Gasteiger partial charge is 0.0513 e. The maximum absolute atomic E-state index is 5.97. The third-order valence-electron chi connectivity index (χ3n) is 4.18. The largest absolute Gasteiger partial charge is 0.366 e. The van der Waals surface area contributed by atoms with E-state index in [1.165, 1.54) is 30.6 Å². The Morgan fingerprint density at radius 1 is 1.40 bits per heavy atom. The molecule has 1 aromatic rings. The summed E-state index contributed by atoms with van der Waals surface area (Å²) >= 11 is 3.74. The second kappa shape index (κ2) is 6.92. The molecule has 0 spiro atoms. The van der Waals surface area contributed by atoms with Gasteiger partial charge in [-0.1, -0.05) is 13.0 Å². The van der Waals surface area contributed by atoms with E-state index in [2.05, 4.69) is 57.9 Å². The molecule has 3 nitrogen and oxygen atoms in total. The van der Waals surface area contributed by atoms with Crippen LogP contribution < -0.4 is 10.6 Å². The molecular formula is C16H26BrN3. The fourth-order valence-corrected chi connectivity index (χ4v) is 3.57. The van der Waals surface area contributed by atoms with Gasteiger partial charge in [0.25, 0.3) is 0 Å². The number of benzene rings is 1. The van der Waals surface area contributed by atoms with Crippen LogP contribution in [0.5, 0.6) is 0 Å². The minimum Gasteiger partial charge on any atom is -0.366 e. The van der Waals surface area contributed by atoms with Crippen LogP contribution in [0.25, 0.3) is 0 Å². The summed E-state index contributed by atoms with van der Waals surface area (Å²) in [6, 6.07) is 7.21. The molecule has 4 heteroatoms. The van der Waals surface area contributed by atoms with E-state index in [9.17, 15) is 0 Å². The highest BCUT2D eigenvalue weighted by atomic mass is 79.9. The van der Waals surface area contributed by atoms with Gasteiger partial charge < -0.3 is 15.5 Å². The molecule has 0 bridgehead atoms. The van der Waals surface area contributed by atoms with E-state index in [1.54, 1.807) is 0 Å². The molecule has 0 radical (unpaired) electrons. The van der Waals surface area contributed by atoms with Crippen LogP contribution in [0.15, 0.2) is 22.7 Å². The van der Waals surface area contributed by atoms with Crippen LogP contribution in [0.3, 0.4) is 0 Å². The number of nitrogens with zero attached hydrogens (tertiary/aromatic N) is 2. The monoisotopic (exact) mass is 339 g/mol. The lowest BCUT2D eigenvalue weighted by atomic mass is 10.1. The molecule has 112 valence electrons. The molecule has 1 aliphatic heterocycles. The van der Waals surface area contributed by atoms with E-state index in [0.29, 0.717) is 6.04 Å². The van der Waals surface area contributed by atoms with Crippen molar-refractivity contribution in [2.24, 2.45) is 5.73 Å². The highest BCUT2D eigenvalue weighted by molar-refractivity contribution is 9.10. The van der Waals surface area contributed by atoms with Gasteiger partial charge in [0.1, 0.15) is 0 Å². The van der Waals surface area contributed by atoms with E-state index in [1.807, 2.05) is 6.92 Å². The molecule has 1 aromatic carbocycles. The number of anilines is 1. The Kier molecular flexibility index (Phi) is 5.47. The molecule has 0 aromatic heterocycles. The van der Waals surface area contributed by atoms with Crippen molar-refractivity contribution in [3.63, 3.8) is 0 Å². The fraction of sp³-hybridized carbons (Fsp3) is 0.625. The van der Waals surface area contributed by atoms with Gasteiger partial charge in [-0.25, -0.2) is 0 Å². The van der Waals surface area contributed by atoms with E-state index < -0.39 is 0 Å². The van der Waals surface area contributed by atoms with E-state index in [0.717, 1.165) is 17.6 Å². The maximum Gasteiger partial charge on any atom is 0.0513 e. The van der Waals surface area contributed by atoms with Crippen molar-refractivity contribution in [3.05, 3.63) is 28.2 Å². The highest BCUT2D eigenvalue weighted by Gasteiger charge is 2.23. The summed E-state index contributed by atoms with van der Waals surface area (Å²) in [6.07, 6.45) is 2.39. The third-order valence-corrected chi connectivity index (χ3v) is 4.82. The van der Waals surface area contributed by atoms with Crippen LogP contribution in [0, 0.1) is 0 Å². The van der Waals surface area contributed by atoms with Crippen molar-refractivity contribution in [2.45, 2.75) is 38.8 Å². The summed E-state index contributed by atoms with van der Waals surface area (Å²) in [4.78, 5) is 5.00. The molecule has 0 saturated carbocycles. The Hall–Kier alpha value is -0.580. The molecular weight excluding hydrogens is 314 g/mol. The summed E-state index contributed by atoms with van der Waals surface area (Å²) in [5, 5.41) is 0. The molecule has 1 fully saturated rings. The lowest BCUT2D eigenvalue weighted by Gasteiger charge is -2.33. The molecule has 1 heterocycles. The Bertz CT molecular complexity index is 447. The minimum atomic E-state index is 0.0811. The van der Waals surface area contributed by atoms with Crippen LogP contribution in [0.4, 0.5) is 5.69 Å². The number of rotatable bonds is 3. The summed E-state index contributed by atoms with van der Waals surface area (Å²) in [5.74, 6) is 0. The van der Waals surface area contributed by atoms with Crippen molar-refractivity contribution in [1.29, 1.82) is 0 Å². The lowest BCUT2D eigenvalue weighted by molar-refractivity contribution is 0.328. The first kappa shape index (κ1) is 15.8. The maximum atomic E-state index is 5.97. The predicted octanol–water partition coefficient (Wildman–Crippen LogP) is 3.39. The summed E-state index contributed by atoms with van der Waals surface area (Å²) < 4.78 is 1.16. The Labute approximate surface area is 131 Å². The number of hydrogen-bond acceptors (Lipinski definition) is 3. The lowest BCUT2D eigenvalue weighted by Crippen LogP contribution is -2.40. The van der Waals surface area contributed by atoms with Gasteiger partial charge in [0, 0.05) is 29.6 Å². The fourth-order valence-electron chi connectivity index (χ4n) is 2.95. The van der Waals surface area contributed by atoms with Gasteiger partial charge in [-0.2, -0.15) is 0 Å². The van der Waals surface area contributed by atoms with Crippen molar-refractivity contribution in [1.82, 2.24) is 4.90 Å². The molecule has 1 aliphatic rings. The van der Waals surface area contributed by atoms with Crippen molar-refractivity contribution >= 4 is 21.6 Å². The Morgan fingerprint density at radius 3 is 2.75 bits per heavy atom. The summed E-state index contributed by atoms with van der Waals surface area (Å²) in [7, 11) is 2.22. The third kappa shape index (κ3) is 3.54. The topological polar surface area (TPSA) is 32.5 Å². The van der Waals surface area contributed by atoms with Crippen molar-refractivity contribution < 1.29 is 0 Å². The first-order valence-electron chi connectivity index (χ1n) is 7.53. The number of nitrogens with two attached hydrogens (primary N) is 1. The van der Waals surface area contributed by atoms with Crippen LogP contribution in [-0.2, 0) is 0 Å². The molecule has 2 rings (SSSR count). The minimum absolute atomic E-state index is 0.0811. The normalized spacial score (nSPS) is 22.6. The van der Waals surface area contributed by atoms with Gasteiger partial charge in [-0.05, 0) is 67.0 Å². The molecule has 0 amide bonds. The van der Waals surface area contributed by atoms with Crippen LogP contribution in [0.2, 0.25) is 0 Å². The van der Waals surface area contributed by atoms with E-state index in [4.69, 9.17) is 5.73 Å². The molecule has 2 unspecified atom stereocenters. The van der Waals surface area contributed by atoms with Gasteiger partial charge >= 0.3 is 0 Å². The first-order chi connectivity index (χ1) is 9.52. The van der Waals surface area contributed by atoms with Crippen molar-refractivity contribution in [2.75, 3.05) is 31.6 Å². The molecule has 2 atom stereocenters. The van der Waals surface area contributed by atoms with E-state index in [-0.39, 0.29) is 6.04 Å². The predicted molar refractivity (Wildman–Crippen MR) is 90.3 cm³/mol. The Morgan fingerprint density at radius 2 is 2.15 bits per heavy atom. The first-order valence-corrected chi connectivity index (χ1v) is 8.32. The molecule has 1 saturated heterocycles. The van der Waals surface area contributed by atoms with Gasteiger partial charge in [-0.3, -0.25) is 0 Å². The quantitative estimate of drug-likeness (QED) is 0.916. The van der Waals surface area contributed by atoms with Crippen LogP contribution >= 0.6 is 15.9 Å². The summed E-state index contributed by atoms with van der Waals surface area (Å²) in [6.45, 7) is 7.75. The average molecular weight is 340 g/mol. The van der Waals surface area contributed by atoms with Gasteiger partial charge in [0.15, 0.2) is 0 Å². The zero-order chi connectivity index (χ0) is 14.7. The summed E-state index contributed by atoms with van der Waals surface area (Å²) in [5.41, 5.74) is 8.45. The SMILES string of the molecule is CCC1CN(C)CCCN1c1ccc(C(C)N)cc1Br. The molecule has 0 aliphatic carbocycles. The van der Waals surface area contributed by atoms with Crippen molar-refractivity contribution in [3.8, 4) is 0 Å². The Balaban J connectivity index is 2.28. The number of hydrogen-bond donors (Lipinski definition) is 1. The highest BCUT2D eigenvalue weighted by Crippen LogP contribution is 2.32. The van der Waals surface area contributed by atoms with Gasteiger partial charge in [0.2, 0.25) is 0 Å². The zero-order valence-electron chi connectivity index (χ0n) is 12.8.